The minimum Gasteiger partial charge on any atom is -0.410 e. The molecule has 0 aliphatic carbocycles. The number of nitriles is 1. The van der Waals surface area contributed by atoms with E-state index in [0.29, 0.717) is 27.5 Å². The van der Waals surface area contributed by atoms with Crippen molar-refractivity contribution in [3.05, 3.63) is 94.0 Å². The summed E-state index contributed by atoms with van der Waals surface area (Å²) in [7, 11) is 0. The number of aryl methyl sites for hydroxylation is 1. The van der Waals surface area contributed by atoms with Crippen molar-refractivity contribution in [3.63, 3.8) is 0 Å². The highest BCUT2D eigenvalue weighted by molar-refractivity contribution is 6.35. The minimum atomic E-state index is 0.414. The largest absolute Gasteiger partial charge is 0.410 e. The molecule has 0 saturated heterocycles. The predicted molar refractivity (Wildman–Crippen MR) is 104 cm³/mol. The van der Waals surface area contributed by atoms with Crippen LogP contribution in [0.3, 0.4) is 0 Å². The molecule has 0 fully saturated rings. The first-order valence-corrected chi connectivity index (χ1v) is 8.36. The molecule has 0 radical (unpaired) electrons. The maximum atomic E-state index is 9.53. The van der Waals surface area contributed by atoms with E-state index in [1.165, 1.54) is 0 Å². The van der Waals surface area contributed by atoms with Gasteiger partial charge in [-0.25, -0.2) is 0 Å². The van der Waals surface area contributed by atoms with Gasteiger partial charge in [-0.3, -0.25) is 0 Å². The number of benzene rings is 3. The van der Waals surface area contributed by atoms with Gasteiger partial charge in [-0.2, -0.15) is 5.26 Å². The van der Waals surface area contributed by atoms with Crippen molar-refractivity contribution in [3.8, 4) is 6.07 Å². The molecule has 0 unspecified atom stereocenters. The van der Waals surface area contributed by atoms with E-state index in [1.807, 2.05) is 55.5 Å². The zero-order chi connectivity index (χ0) is 18.5. The molecule has 0 bridgehead atoms. The van der Waals surface area contributed by atoms with Gasteiger partial charge in [-0.1, -0.05) is 53.2 Å². The Morgan fingerprint density at radius 3 is 2.46 bits per heavy atom. The van der Waals surface area contributed by atoms with Crippen molar-refractivity contribution < 1.29 is 5.21 Å². The summed E-state index contributed by atoms with van der Waals surface area (Å²) in [6, 6.07) is 22.4. The number of hydrogen-bond donors (Lipinski definition) is 2. The van der Waals surface area contributed by atoms with E-state index >= 15 is 0 Å². The number of anilines is 2. The highest BCUT2D eigenvalue weighted by Gasteiger charge is 2.14. The lowest BCUT2D eigenvalue weighted by Crippen LogP contribution is -2.06. The van der Waals surface area contributed by atoms with Gasteiger partial charge in [0.05, 0.1) is 16.3 Å². The van der Waals surface area contributed by atoms with Gasteiger partial charge in [0.25, 0.3) is 0 Å². The topological polar surface area (TPSA) is 68.4 Å². The molecular formula is C21H16ClN3O. The lowest BCUT2D eigenvalue weighted by molar-refractivity contribution is 0.319. The number of halogens is 1. The highest BCUT2D eigenvalue weighted by atomic mass is 35.5. The van der Waals surface area contributed by atoms with Gasteiger partial charge < -0.3 is 10.5 Å². The SMILES string of the molecule is Cc1ccccc1/C(=N/O)c1ccc(Nc2ccccc2C#N)cc1Cl. The highest BCUT2D eigenvalue weighted by Crippen LogP contribution is 2.28. The molecule has 0 aromatic heterocycles. The fraction of sp³-hybridized carbons (Fsp3) is 0.0476. The van der Waals surface area contributed by atoms with Crippen LogP contribution in [0.4, 0.5) is 11.4 Å². The minimum absolute atomic E-state index is 0.414. The average Bonchev–Trinajstić information content (AvgIpc) is 2.66. The van der Waals surface area contributed by atoms with E-state index in [9.17, 15) is 10.5 Å². The zero-order valence-electron chi connectivity index (χ0n) is 14.1. The van der Waals surface area contributed by atoms with Crippen LogP contribution in [0, 0.1) is 18.3 Å². The van der Waals surface area contributed by atoms with Crippen LogP contribution in [-0.2, 0) is 0 Å². The molecule has 5 heteroatoms. The summed E-state index contributed by atoms with van der Waals surface area (Å²) in [5.74, 6) is 0. The number of nitrogens with zero attached hydrogens (tertiary/aromatic N) is 2. The Morgan fingerprint density at radius 2 is 1.77 bits per heavy atom. The van der Waals surface area contributed by atoms with E-state index in [2.05, 4.69) is 16.5 Å². The second-order valence-electron chi connectivity index (χ2n) is 5.74. The van der Waals surface area contributed by atoms with Gasteiger partial charge in [0.1, 0.15) is 11.8 Å². The third-order valence-electron chi connectivity index (χ3n) is 4.05. The fourth-order valence-electron chi connectivity index (χ4n) is 2.72. The van der Waals surface area contributed by atoms with E-state index < -0.39 is 0 Å². The Morgan fingerprint density at radius 1 is 1.04 bits per heavy atom. The van der Waals surface area contributed by atoms with Crippen molar-refractivity contribution in [1.82, 2.24) is 0 Å². The van der Waals surface area contributed by atoms with Crippen molar-refractivity contribution in [2.24, 2.45) is 5.16 Å². The summed E-state index contributed by atoms with van der Waals surface area (Å²) < 4.78 is 0. The Hall–Kier alpha value is -3.29. The van der Waals surface area contributed by atoms with Crippen molar-refractivity contribution in [2.45, 2.75) is 6.92 Å². The van der Waals surface area contributed by atoms with E-state index in [0.717, 1.165) is 16.8 Å². The molecule has 3 aromatic carbocycles. The van der Waals surface area contributed by atoms with Crippen LogP contribution < -0.4 is 5.32 Å². The second kappa shape index (κ2) is 7.73. The maximum absolute atomic E-state index is 9.53. The van der Waals surface area contributed by atoms with Crippen LogP contribution in [0.15, 0.2) is 71.9 Å². The lowest BCUT2D eigenvalue weighted by atomic mass is 9.98. The summed E-state index contributed by atoms with van der Waals surface area (Å²) in [6.45, 7) is 1.95. The molecule has 0 aliphatic rings. The van der Waals surface area contributed by atoms with Crippen molar-refractivity contribution >= 4 is 28.7 Å². The maximum Gasteiger partial charge on any atom is 0.118 e. The smallest absolute Gasteiger partial charge is 0.118 e. The summed E-state index contributed by atoms with van der Waals surface area (Å²) in [5, 5.41) is 25.8. The van der Waals surface area contributed by atoms with Crippen LogP contribution in [0.2, 0.25) is 5.02 Å². The van der Waals surface area contributed by atoms with Crippen molar-refractivity contribution in [1.29, 1.82) is 5.26 Å². The molecule has 0 amide bonds. The average molecular weight is 362 g/mol. The van der Waals surface area contributed by atoms with E-state index in [4.69, 9.17) is 11.6 Å². The third kappa shape index (κ3) is 3.53. The predicted octanol–water partition coefficient (Wildman–Crippen LogP) is 5.49. The molecule has 2 N–H and O–H groups in total. The Bertz CT molecular complexity index is 1020. The molecule has 0 spiro atoms. The summed E-state index contributed by atoms with van der Waals surface area (Å²) >= 11 is 6.45. The van der Waals surface area contributed by atoms with Crippen LogP contribution in [-0.4, -0.2) is 10.9 Å². The zero-order valence-corrected chi connectivity index (χ0v) is 14.8. The van der Waals surface area contributed by atoms with E-state index in [1.54, 1.807) is 18.2 Å². The van der Waals surface area contributed by atoms with Gasteiger partial charge in [0.15, 0.2) is 0 Å². The molecule has 0 heterocycles. The third-order valence-corrected chi connectivity index (χ3v) is 4.36. The number of oxime groups is 1. The van der Waals surface area contributed by atoms with E-state index in [-0.39, 0.29) is 0 Å². The summed E-state index contributed by atoms with van der Waals surface area (Å²) in [4.78, 5) is 0. The normalized spacial score (nSPS) is 11.0. The Kier molecular flexibility index (Phi) is 5.21. The molecule has 4 nitrogen and oxygen atoms in total. The first kappa shape index (κ1) is 17.5. The first-order valence-electron chi connectivity index (χ1n) is 7.98. The molecule has 3 rings (SSSR count). The van der Waals surface area contributed by atoms with Crippen molar-refractivity contribution in [2.75, 3.05) is 5.32 Å². The Balaban J connectivity index is 1.95. The second-order valence-corrected chi connectivity index (χ2v) is 6.15. The van der Waals surface area contributed by atoms with Crippen LogP contribution >= 0.6 is 11.6 Å². The molecule has 0 saturated carbocycles. The molecule has 128 valence electrons. The molecule has 3 aromatic rings. The van der Waals surface area contributed by atoms with Gasteiger partial charge >= 0.3 is 0 Å². The molecule has 26 heavy (non-hydrogen) atoms. The van der Waals surface area contributed by atoms with Gasteiger partial charge in [-0.15, -0.1) is 0 Å². The number of para-hydroxylation sites is 1. The van der Waals surface area contributed by atoms with Gasteiger partial charge in [-0.05, 0) is 42.8 Å². The monoisotopic (exact) mass is 361 g/mol. The van der Waals surface area contributed by atoms with Gasteiger partial charge in [0.2, 0.25) is 0 Å². The number of hydrogen-bond acceptors (Lipinski definition) is 4. The van der Waals surface area contributed by atoms with Gasteiger partial charge in [0, 0.05) is 16.8 Å². The summed E-state index contributed by atoms with van der Waals surface area (Å²) in [6.07, 6.45) is 0. The number of nitrogens with one attached hydrogen (secondary N) is 1. The lowest BCUT2D eigenvalue weighted by Gasteiger charge is -2.13. The summed E-state index contributed by atoms with van der Waals surface area (Å²) in [5.41, 5.74) is 4.83. The van der Waals surface area contributed by atoms with Crippen LogP contribution in [0.5, 0.6) is 0 Å². The quantitative estimate of drug-likeness (QED) is 0.366. The standard InChI is InChI=1S/C21H16ClN3O/c1-14-6-2-4-8-17(14)21(25-26)18-11-10-16(12-19(18)22)24-20-9-5-3-7-15(20)13-23/h2-12,24,26H,1H3/b25-21-. The molecular weight excluding hydrogens is 346 g/mol. The molecule has 0 aliphatic heterocycles. The van der Waals surface area contributed by atoms with Crippen LogP contribution in [0.1, 0.15) is 22.3 Å². The molecule has 0 atom stereocenters. The fourth-order valence-corrected chi connectivity index (χ4v) is 2.99. The first-order chi connectivity index (χ1) is 12.6. The van der Waals surface area contributed by atoms with Crippen LogP contribution in [0.25, 0.3) is 0 Å². The Labute approximate surface area is 157 Å². The number of rotatable bonds is 4.